The van der Waals surface area contributed by atoms with Crippen molar-refractivity contribution < 1.29 is 9.84 Å². The maximum atomic E-state index is 12.4. The number of benzene rings is 2. The fourth-order valence-corrected chi connectivity index (χ4v) is 3.49. The number of hydrogen-bond donors (Lipinski definition) is 2. The molecule has 0 unspecified atom stereocenters. The molecule has 4 rings (SSSR count). The van der Waals surface area contributed by atoms with Gasteiger partial charge in [0.05, 0.1) is 13.2 Å². The van der Waals surface area contributed by atoms with Crippen LogP contribution in [0.4, 0.5) is 0 Å². The first kappa shape index (κ1) is 15.9. The van der Waals surface area contributed by atoms with E-state index in [4.69, 9.17) is 4.74 Å². The quantitative estimate of drug-likeness (QED) is 0.772. The van der Waals surface area contributed by atoms with Gasteiger partial charge in [0.15, 0.2) is 0 Å². The van der Waals surface area contributed by atoms with Gasteiger partial charge in [-0.15, -0.1) is 0 Å². The summed E-state index contributed by atoms with van der Waals surface area (Å²) in [6.45, 7) is 1.74. The topological polar surface area (TPSA) is 65.6 Å². The van der Waals surface area contributed by atoms with Gasteiger partial charge in [-0.1, -0.05) is 24.3 Å². The summed E-state index contributed by atoms with van der Waals surface area (Å²) < 4.78 is 5.26. The molecule has 5 nitrogen and oxygen atoms in total. The molecule has 0 saturated carbocycles. The lowest BCUT2D eigenvalue weighted by atomic mass is 9.97. The van der Waals surface area contributed by atoms with Crippen molar-refractivity contribution in [2.24, 2.45) is 0 Å². The molecule has 2 aromatic carbocycles. The minimum atomic E-state index is -0.524. The van der Waals surface area contributed by atoms with Crippen LogP contribution in [-0.4, -0.2) is 28.6 Å². The lowest BCUT2D eigenvalue weighted by Gasteiger charge is -2.32. The van der Waals surface area contributed by atoms with Crippen LogP contribution in [0.1, 0.15) is 22.8 Å². The van der Waals surface area contributed by atoms with Crippen LogP contribution >= 0.6 is 0 Å². The van der Waals surface area contributed by atoms with Crippen molar-refractivity contribution in [3.05, 3.63) is 75.6 Å². The van der Waals surface area contributed by atoms with E-state index in [1.165, 1.54) is 0 Å². The molecule has 1 atom stereocenters. The Morgan fingerprint density at radius 3 is 2.92 bits per heavy atom. The van der Waals surface area contributed by atoms with Gasteiger partial charge < -0.3 is 14.8 Å². The molecular weight excluding hydrogens is 316 g/mol. The second-order valence-electron chi connectivity index (χ2n) is 6.46. The molecule has 0 saturated heterocycles. The highest BCUT2D eigenvalue weighted by atomic mass is 16.5. The summed E-state index contributed by atoms with van der Waals surface area (Å²) in [6, 6.07) is 15.4. The van der Waals surface area contributed by atoms with Gasteiger partial charge in [0.25, 0.3) is 5.56 Å². The number of rotatable bonds is 3. The zero-order valence-corrected chi connectivity index (χ0v) is 14.0. The molecule has 0 amide bonds. The summed E-state index contributed by atoms with van der Waals surface area (Å²) in [6.07, 6.45) is -0.524. The number of aromatic amines is 1. The number of pyridine rings is 1. The van der Waals surface area contributed by atoms with Gasteiger partial charge in [0, 0.05) is 36.1 Å². The summed E-state index contributed by atoms with van der Waals surface area (Å²) in [7, 11) is 1.63. The van der Waals surface area contributed by atoms with Gasteiger partial charge in [-0.2, -0.15) is 0 Å². The number of ether oxygens (including phenoxy) is 1. The number of hydrogen-bond acceptors (Lipinski definition) is 4. The van der Waals surface area contributed by atoms with Crippen molar-refractivity contribution in [1.82, 2.24) is 9.88 Å². The number of fused-ring (bicyclic) bond motifs is 2. The molecule has 2 heterocycles. The summed E-state index contributed by atoms with van der Waals surface area (Å²) in [5, 5.41) is 11.3. The minimum absolute atomic E-state index is 0.0917. The van der Waals surface area contributed by atoms with Crippen molar-refractivity contribution >= 4 is 10.9 Å². The van der Waals surface area contributed by atoms with Crippen LogP contribution in [0.25, 0.3) is 10.9 Å². The van der Waals surface area contributed by atoms with Crippen molar-refractivity contribution in [3.63, 3.8) is 0 Å². The highest BCUT2D eigenvalue weighted by Gasteiger charge is 2.23. The van der Waals surface area contributed by atoms with E-state index in [1.54, 1.807) is 7.11 Å². The Morgan fingerprint density at radius 1 is 1.24 bits per heavy atom. The van der Waals surface area contributed by atoms with Crippen LogP contribution in [0.5, 0.6) is 5.75 Å². The van der Waals surface area contributed by atoms with E-state index < -0.39 is 6.10 Å². The molecule has 1 aliphatic heterocycles. The smallest absolute Gasteiger partial charge is 0.252 e. The van der Waals surface area contributed by atoms with E-state index in [0.29, 0.717) is 18.7 Å². The minimum Gasteiger partial charge on any atom is -0.497 e. The average molecular weight is 336 g/mol. The van der Waals surface area contributed by atoms with E-state index in [0.717, 1.165) is 34.3 Å². The fourth-order valence-electron chi connectivity index (χ4n) is 3.49. The fraction of sp³-hybridized carbons (Fsp3) is 0.250. The molecule has 128 valence electrons. The Morgan fingerprint density at radius 2 is 2.08 bits per heavy atom. The molecule has 1 aromatic heterocycles. The third-order valence-electron chi connectivity index (χ3n) is 4.76. The van der Waals surface area contributed by atoms with Crippen molar-refractivity contribution in [3.8, 4) is 5.75 Å². The predicted molar refractivity (Wildman–Crippen MR) is 96.6 cm³/mol. The maximum absolute atomic E-state index is 12.4. The SMILES string of the molecule is COc1ccc2[nH]c(=O)c(CN3Cc4ccccc4[C@@H](O)C3)cc2c1. The Bertz CT molecular complexity index is 980. The zero-order valence-electron chi connectivity index (χ0n) is 14.0. The highest BCUT2D eigenvalue weighted by Crippen LogP contribution is 2.27. The van der Waals surface area contributed by atoms with Crippen LogP contribution in [0, 0.1) is 0 Å². The molecule has 3 aromatic rings. The van der Waals surface area contributed by atoms with E-state index in [1.807, 2.05) is 48.5 Å². The first-order valence-electron chi connectivity index (χ1n) is 8.32. The third-order valence-corrected chi connectivity index (χ3v) is 4.76. The Hall–Kier alpha value is -2.63. The summed E-state index contributed by atoms with van der Waals surface area (Å²) in [5.41, 5.74) is 3.48. The predicted octanol–water partition coefficient (Wildman–Crippen LogP) is 2.59. The number of H-pyrrole nitrogens is 1. The molecule has 25 heavy (non-hydrogen) atoms. The van der Waals surface area contributed by atoms with E-state index in [-0.39, 0.29) is 5.56 Å². The van der Waals surface area contributed by atoms with E-state index in [2.05, 4.69) is 9.88 Å². The van der Waals surface area contributed by atoms with E-state index >= 15 is 0 Å². The first-order chi connectivity index (χ1) is 12.1. The largest absolute Gasteiger partial charge is 0.497 e. The Balaban J connectivity index is 1.64. The van der Waals surface area contributed by atoms with Crippen LogP contribution < -0.4 is 10.3 Å². The van der Waals surface area contributed by atoms with Gasteiger partial charge in [-0.25, -0.2) is 0 Å². The molecule has 1 aliphatic rings. The summed E-state index contributed by atoms with van der Waals surface area (Å²) >= 11 is 0. The van der Waals surface area contributed by atoms with Crippen molar-refractivity contribution in [2.75, 3.05) is 13.7 Å². The molecule has 0 aliphatic carbocycles. The zero-order chi connectivity index (χ0) is 17.4. The van der Waals surface area contributed by atoms with Crippen molar-refractivity contribution in [2.45, 2.75) is 19.2 Å². The van der Waals surface area contributed by atoms with Gasteiger partial charge in [-0.05, 0) is 35.4 Å². The molecule has 0 fully saturated rings. The van der Waals surface area contributed by atoms with Gasteiger partial charge in [-0.3, -0.25) is 9.69 Å². The number of nitrogens with zero attached hydrogens (tertiary/aromatic N) is 1. The molecule has 2 N–H and O–H groups in total. The number of aromatic nitrogens is 1. The van der Waals surface area contributed by atoms with Crippen molar-refractivity contribution in [1.29, 1.82) is 0 Å². The lowest BCUT2D eigenvalue weighted by Crippen LogP contribution is -2.34. The Labute approximate surface area is 145 Å². The van der Waals surface area contributed by atoms with Gasteiger partial charge in [0.1, 0.15) is 5.75 Å². The number of nitrogens with one attached hydrogen (secondary N) is 1. The number of aliphatic hydroxyl groups excluding tert-OH is 1. The first-order valence-corrected chi connectivity index (χ1v) is 8.32. The molecule has 0 spiro atoms. The normalized spacial score (nSPS) is 17.4. The summed E-state index contributed by atoms with van der Waals surface area (Å²) in [4.78, 5) is 17.4. The Kier molecular flexibility index (Phi) is 4.03. The number of aliphatic hydroxyl groups is 1. The maximum Gasteiger partial charge on any atom is 0.252 e. The molecule has 0 radical (unpaired) electrons. The van der Waals surface area contributed by atoms with Crippen LogP contribution in [0.3, 0.4) is 0 Å². The highest BCUT2D eigenvalue weighted by molar-refractivity contribution is 5.80. The second kappa shape index (κ2) is 6.35. The number of β-amino-alcohol motifs (C(OH)–C–C–N with tert-alkyl or cyclic N) is 1. The third kappa shape index (κ3) is 3.04. The molecular formula is C20H20N2O3. The monoisotopic (exact) mass is 336 g/mol. The van der Waals surface area contributed by atoms with Crippen LogP contribution in [0.15, 0.2) is 53.3 Å². The summed E-state index contributed by atoms with van der Waals surface area (Å²) in [5.74, 6) is 0.757. The van der Waals surface area contributed by atoms with Crippen LogP contribution in [-0.2, 0) is 13.1 Å². The standard InChI is InChI=1S/C20H20N2O3/c1-25-16-6-7-18-14(9-16)8-15(20(24)21-18)11-22-10-13-4-2-3-5-17(13)19(23)12-22/h2-9,19,23H,10-12H2,1H3,(H,21,24)/t19-/m0/s1. The average Bonchev–Trinajstić information content (AvgIpc) is 2.62. The molecule has 0 bridgehead atoms. The van der Waals surface area contributed by atoms with Crippen LogP contribution in [0.2, 0.25) is 0 Å². The van der Waals surface area contributed by atoms with Gasteiger partial charge >= 0.3 is 0 Å². The number of methoxy groups -OCH3 is 1. The second-order valence-corrected chi connectivity index (χ2v) is 6.46. The van der Waals surface area contributed by atoms with E-state index in [9.17, 15) is 9.90 Å². The van der Waals surface area contributed by atoms with Gasteiger partial charge in [0.2, 0.25) is 0 Å². The lowest BCUT2D eigenvalue weighted by molar-refractivity contribution is 0.0880. The molecule has 5 heteroatoms.